The second-order valence-corrected chi connectivity index (χ2v) is 3.50. The smallest absolute Gasteiger partial charge is 0.226 e. The number of aryl methyl sites for hydroxylation is 1. The van der Waals surface area contributed by atoms with E-state index in [-0.39, 0.29) is 5.91 Å². The molecule has 1 aromatic rings. The minimum absolute atomic E-state index is 0.133. The van der Waals surface area contributed by atoms with Gasteiger partial charge in [-0.1, -0.05) is 11.6 Å². The molecule has 0 saturated carbocycles. The lowest BCUT2D eigenvalue weighted by Crippen LogP contribution is -2.14. The number of rotatable bonds is 4. The van der Waals surface area contributed by atoms with Crippen molar-refractivity contribution in [2.24, 2.45) is 0 Å². The molecule has 4 nitrogen and oxygen atoms in total. The molecule has 0 saturated heterocycles. The van der Waals surface area contributed by atoms with Gasteiger partial charge in [0.15, 0.2) is 5.15 Å². The Labute approximate surface area is 93.6 Å². The third kappa shape index (κ3) is 3.85. The van der Waals surface area contributed by atoms with Crippen molar-refractivity contribution >= 4 is 23.2 Å². The van der Waals surface area contributed by atoms with E-state index in [1.54, 1.807) is 19.4 Å². The van der Waals surface area contributed by atoms with E-state index in [2.05, 4.69) is 10.3 Å². The Morgan fingerprint density at radius 1 is 1.67 bits per heavy atom. The zero-order valence-corrected chi connectivity index (χ0v) is 9.47. The summed E-state index contributed by atoms with van der Waals surface area (Å²) < 4.78 is 4.79. The van der Waals surface area contributed by atoms with Crippen LogP contribution in [0.4, 0.5) is 5.69 Å². The van der Waals surface area contributed by atoms with E-state index in [0.717, 1.165) is 5.56 Å². The molecule has 0 bridgehead atoms. The van der Waals surface area contributed by atoms with E-state index in [9.17, 15) is 4.79 Å². The van der Waals surface area contributed by atoms with Crippen LogP contribution in [0.5, 0.6) is 0 Å². The standard InChI is InChI=1S/C10H13ClN2O2/c1-7-5-8(10(11)12-6-7)13-9(14)3-4-15-2/h5-6H,3-4H2,1-2H3,(H,13,14). The molecular formula is C10H13ClN2O2. The zero-order valence-electron chi connectivity index (χ0n) is 8.71. The summed E-state index contributed by atoms with van der Waals surface area (Å²) in [6, 6.07) is 1.78. The molecule has 1 amide bonds. The number of ether oxygens (including phenoxy) is 1. The van der Waals surface area contributed by atoms with Gasteiger partial charge in [0.1, 0.15) is 0 Å². The van der Waals surface area contributed by atoms with Crippen molar-refractivity contribution < 1.29 is 9.53 Å². The molecule has 0 unspecified atom stereocenters. The second kappa shape index (κ2) is 5.68. The lowest BCUT2D eigenvalue weighted by molar-refractivity contribution is -0.117. The number of methoxy groups -OCH3 is 1. The van der Waals surface area contributed by atoms with Gasteiger partial charge < -0.3 is 10.1 Å². The van der Waals surface area contributed by atoms with Crippen LogP contribution >= 0.6 is 11.6 Å². The summed E-state index contributed by atoms with van der Waals surface area (Å²) >= 11 is 5.82. The Morgan fingerprint density at radius 2 is 2.40 bits per heavy atom. The van der Waals surface area contributed by atoms with E-state index in [1.165, 1.54) is 0 Å². The van der Waals surface area contributed by atoms with Gasteiger partial charge >= 0.3 is 0 Å². The Kier molecular flexibility index (Phi) is 4.52. The first-order valence-corrected chi connectivity index (χ1v) is 4.92. The summed E-state index contributed by atoms with van der Waals surface area (Å²) in [5, 5.41) is 2.97. The maximum atomic E-state index is 11.4. The van der Waals surface area contributed by atoms with E-state index >= 15 is 0 Å². The number of nitrogens with one attached hydrogen (secondary N) is 1. The molecule has 0 fully saturated rings. The van der Waals surface area contributed by atoms with Crippen molar-refractivity contribution in [1.82, 2.24) is 4.98 Å². The number of aromatic nitrogens is 1. The summed E-state index contributed by atoms with van der Waals surface area (Å²) in [5.41, 5.74) is 1.49. The van der Waals surface area contributed by atoms with E-state index in [0.29, 0.717) is 23.9 Å². The Balaban J connectivity index is 2.63. The minimum Gasteiger partial charge on any atom is -0.384 e. The fourth-order valence-corrected chi connectivity index (χ4v) is 1.20. The van der Waals surface area contributed by atoms with Gasteiger partial charge in [0.05, 0.1) is 18.7 Å². The fourth-order valence-electron chi connectivity index (χ4n) is 1.05. The fraction of sp³-hybridized carbons (Fsp3) is 0.400. The number of nitrogens with zero attached hydrogens (tertiary/aromatic N) is 1. The molecule has 0 radical (unpaired) electrons. The van der Waals surface area contributed by atoms with Crippen LogP contribution in [0.1, 0.15) is 12.0 Å². The van der Waals surface area contributed by atoms with Crippen LogP contribution in [0.25, 0.3) is 0 Å². The number of carbonyl (C=O) groups is 1. The number of anilines is 1. The van der Waals surface area contributed by atoms with Crippen molar-refractivity contribution in [1.29, 1.82) is 0 Å². The van der Waals surface area contributed by atoms with Crippen LogP contribution in [0, 0.1) is 6.92 Å². The van der Waals surface area contributed by atoms with Gasteiger partial charge in [0, 0.05) is 13.3 Å². The molecule has 0 aliphatic rings. The lowest BCUT2D eigenvalue weighted by atomic mass is 10.3. The largest absolute Gasteiger partial charge is 0.384 e. The first kappa shape index (κ1) is 11.9. The number of hydrogen-bond donors (Lipinski definition) is 1. The Morgan fingerprint density at radius 3 is 3.07 bits per heavy atom. The molecule has 0 aliphatic carbocycles. The van der Waals surface area contributed by atoms with Crippen molar-refractivity contribution in [3.05, 3.63) is 23.0 Å². The molecule has 0 atom stereocenters. The zero-order chi connectivity index (χ0) is 11.3. The summed E-state index contributed by atoms with van der Waals surface area (Å²) in [6.45, 7) is 2.27. The maximum absolute atomic E-state index is 11.4. The highest BCUT2D eigenvalue weighted by molar-refractivity contribution is 6.32. The first-order chi connectivity index (χ1) is 7.13. The van der Waals surface area contributed by atoms with Gasteiger partial charge in [-0.15, -0.1) is 0 Å². The van der Waals surface area contributed by atoms with Gasteiger partial charge in [0.25, 0.3) is 0 Å². The van der Waals surface area contributed by atoms with E-state index in [1.807, 2.05) is 6.92 Å². The lowest BCUT2D eigenvalue weighted by Gasteiger charge is -2.06. The van der Waals surface area contributed by atoms with Gasteiger partial charge in [0.2, 0.25) is 5.91 Å². The molecule has 1 rings (SSSR count). The monoisotopic (exact) mass is 228 g/mol. The van der Waals surface area contributed by atoms with Crippen LogP contribution < -0.4 is 5.32 Å². The molecule has 15 heavy (non-hydrogen) atoms. The molecule has 5 heteroatoms. The number of carbonyl (C=O) groups excluding carboxylic acids is 1. The molecule has 0 spiro atoms. The minimum atomic E-state index is -0.133. The predicted molar refractivity (Wildman–Crippen MR) is 59.1 cm³/mol. The second-order valence-electron chi connectivity index (χ2n) is 3.14. The predicted octanol–water partition coefficient (Wildman–Crippen LogP) is 2.02. The average Bonchev–Trinajstić information content (AvgIpc) is 2.20. The average molecular weight is 229 g/mol. The van der Waals surface area contributed by atoms with Crippen LogP contribution in [0.15, 0.2) is 12.3 Å². The highest BCUT2D eigenvalue weighted by atomic mass is 35.5. The Bertz CT molecular complexity index is 355. The van der Waals surface area contributed by atoms with E-state index < -0.39 is 0 Å². The highest BCUT2D eigenvalue weighted by Gasteiger charge is 2.06. The maximum Gasteiger partial charge on any atom is 0.226 e. The molecule has 1 heterocycles. The first-order valence-electron chi connectivity index (χ1n) is 4.54. The highest BCUT2D eigenvalue weighted by Crippen LogP contribution is 2.19. The number of amides is 1. The number of hydrogen-bond acceptors (Lipinski definition) is 3. The summed E-state index contributed by atoms with van der Waals surface area (Å²) in [5.74, 6) is -0.133. The number of halogens is 1. The molecule has 0 aromatic carbocycles. The molecule has 1 N–H and O–H groups in total. The van der Waals surface area contributed by atoms with Crippen LogP contribution in [-0.4, -0.2) is 24.6 Å². The van der Waals surface area contributed by atoms with Gasteiger partial charge in [-0.3, -0.25) is 4.79 Å². The summed E-state index contributed by atoms with van der Waals surface area (Å²) in [7, 11) is 1.55. The van der Waals surface area contributed by atoms with Gasteiger partial charge in [-0.05, 0) is 18.6 Å². The summed E-state index contributed by atoms with van der Waals surface area (Å²) in [4.78, 5) is 15.3. The van der Waals surface area contributed by atoms with Crippen LogP contribution in [0.2, 0.25) is 5.15 Å². The van der Waals surface area contributed by atoms with Gasteiger partial charge in [-0.25, -0.2) is 4.98 Å². The third-order valence-corrected chi connectivity index (χ3v) is 2.08. The third-order valence-electron chi connectivity index (χ3n) is 1.78. The van der Waals surface area contributed by atoms with Crippen molar-refractivity contribution in [2.75, 3.05) is 19.0 Å². The van der Waals surface area contributed by atoms with Crippen molar-refractivity contribution in [2.45, 2.75) is 13.3 Å². The van der Waals surface area contributed by atoms with E-state index in [4.69, 9.17) is 16.3 Å². The summed E-state index contributed by atoms with van der Waals surface area (Å²) in [6.07, 6.45) is 1.95. The van der Waals surface area contributed by atoms with Crippen molar-refractivity contribution in [3.63, 3.8) is 0 Å². The Hall–Kier alpha value is -1.13. The van der Waals surface area contributed by atoms with Crippen LogP contribution in [-0.2, 0) is 9.53 Å². The number of pyridine rings is 1. The molecule has 0 aliphatic heterocycles. The normalized spacial score (nSPS) is 10.1. The molecule has 1 aromatic heterocycles. The van der Waals surface area contributed by atoms with Crippen molar-refractivity contribution in [3.8, 4) is 0 Å². The molecular weight excluding hydrogens is 216 g/mol. The van der Waals surface area contributed by atoms with Gasteiger partial charge in [-0.2, -0.15) is 0 Å². The molecule has 82 valence electrons. The van der Waals surface area contributed by atoms with Crippen LogP contribution in [0.3, 0.4) is 0 Å². The SMILES string of the molecule is COCCC(=O)Nc1cc(C)cnc1Cl. The topological polar surface area (TPSA) is 51.2 Å². The quantitative estimate of drug-likeness (QED) is 0.803.